The average molecular weight is 453 g/mol. The van der Waals surface area contributed by atoms with E-state index in [0.717, 1.165) is 16.5 Å². The molecule has 166 valence electrons. The average Bonchev–Trinajstić information content (AvgIpc) is 3.29. The quantitative estimate of drug-likeness (QED) is 0.369. The highest BCUT2D eigenvalue weighted by Gasteiger charge is 2.42. The number of pyridine rings is 1. The summed E-state index contributed by atoms with van der Waals surface area (Å²) in [4.78, 5) is 6.97. The van der Waals surface area contributed by atoms with Gasteiger partial charge in [-0.15, -0.1) is 0 Å². The van der Waals surface area contributed by atoms with Crippen molar-refractivity contribution in [2.45, 2.75) is 39.8 Å². The van der Waals surface area contributed by atoms with E-state index >= 15 is 0 Å². The smallest absolute Gasteiger partial charge is 0.174 e. The maximum Gasteiger partial charge on any atom is 0.174 e. The molecule has 33 heavy (non-hydrogen) atoms. The lowest BCUT2D eigenvalue weighted by atomic mass is 9.96. The SMILES string of the molecule is Cc1cc(C)cc(N2C(=S)N[C@@H](c3ccccn3)[C@H]2c2cc(C)n(-c3ccccc3)c2C)c1. The van der Waals surface area contributed by atoms with Gasteiger partial charge in [-0.25, -0.2) is 0 Å². The van der Waals surface area contributed by atoms with Crippen molar-refractivity contribution in [2.24, 2.45) is 0 Å². The van der Waals surface area contributed by atoms with Crippen LogP contribution in [0, 0.1) is 27.7 Å². The number of nitrogens with one attached hydrogen (secondary N) is 1. The van der Waals surface area contributed by atoms with Crippen molar-refractivity contribution >= 4 is 23.0 Å². The lowest BCUT2D eigenvalue weighted by molar-refractivity contribution is 0.565. The number of thiocarbonyl (C=S) groups is 1. The first-order chi connectivity index (χ1) is 15.9. The second kappa shape index (κ2) is 8.49. The van der Waals surface area contributed by atoms with E-state index in [-0.39, 0.29) is 12.1 Å². The molecule has 1 saturated heterocycles. The molecule has 0 unspecified atom stereocenters. The van der Waals surface area contributed by atoms with Gasteiger partial charge in [-0.1, -0.05) is 30.3 Å². The number of hydrogen-bond acceptors (Lipinski definition) is 2. The predicted molar refractivity (Wildman–Crippen MR) is 139 cm³/mol. The second-order valence-electron chi connectivity index (χ2n) is 8.84. The number of hydrogen-bond donors (Lipinski definition) is 1. The Morgan fingerprint density at radius 3 is 2.18 bits per heavy atom. The molecule has 5 heteroatoms. The third kappa shape index (κ3) is 3.83. The number of anilines is 1. The number of nitrogens with zero attached hydrogens (tertiary/aromatic N) is 3. The molecule has 1 aliphatic heterocycles. The zero-order valence-corrected chi connectivity index (χ0v) is 20.2. The van der Waals surface area contributed by atoms with Crippen LogP contribution in [0.3, 0.4) is 0 Å². The van der Waals surface area contributed by atoms with E-state index in [1.807, 2.05) is 18.3 Å². The minimum atomic E-state index is -0.0516. The van der Waals surface area contributed by atoms with Crippen molar-refractivity contribution in [3.63, 3.8) is 0 Å². The Hall–Kier alpha value is -3.44. The molecule has 0 bridgehead atoms. The number of aromatic nitrogens is 2. The molecular formula is C28H28N4S. The highest BCUT2D eigenvalue weighted by atomic mass is 32.1. The first kappa shape index (κ1) is 21.4. The molecule has 2 aromatic carbocycles. The van der Waals surface area contributed by atoms with Gasteiger partial charge < -0.3 is 14.8 Å². The molecule has 0 saturated carbocycles. The zero-order valence-electron chi connectivity index (χ0n) is 19.4. The molecule has 0 spiro atoms. The first-order valence-electron chi connectivity index (χ1n) is 11.3. The number of rotatable bonds is 4. The largest absolute Gasteiger partial charge is 0.351 e. The summed E-state index contributed by atoms with van der Waals surface area (Å²) in [6.45, 7) is 8.64. The van der Waals surface area contributed by atoms with Crippen LogP contribution in [0.5, 0.6) is 0 Å². The van der Waals surface area contributed by atoms with Gasteiger partial charge in [0.25, 0.3) is 0 Å². The van der Waals surface area contributed by atoms with Crippen LogP contribution in [0.15, 0.2) is 79.0 Å². The summed E-state index contributed by atoms with van der Waals surface area (Å²) in [6.07, 6.45) is 1.85. The fourth-order valence-corrected chi connectivity index (χ4v) is 5.45. The van der Waals surface area contributed by atoms with E-state index in [4.69, 9.17) is 17.2 Å². The molecule has 0 amide bonds. The van der Waals surface area contributed by atoms with Gasteiger partial charge in [0.1, 0.15) is 0 Å². The van der Waals surface area contributed by atoms with E-state index in [1.165, 1.54) is 33.8 Å². The zero-order chi connectivity index (χ0) is 23.1. The maximum atomic E-state index is 5.92. The topological polar surface area (TPSA) is 33.1 Å². The molecule has 4 nitrogen and oxygen atoms in total. The van der Waals surface area contributed by atoms with E-state index in [2.05, 4.69) is 103 Å². The Morgan fingerprint density at radius 1 is 0.818 bits per heavy atom. The summed E-state index contributed by atoms with van der Waals surface area (Å²) in [5.74, 6) is 0. The number of aryl methyl sites for hydroxylation is 3. The van der Waals surface area contributed by atoms with Crippen LogP contribution >= 0.6 is 12.2 Å². The van der Waals surface area contributed by atoms with Gasteiger partial charge in [-0.3, -0.25) is 4.98 Å². The number of para-hydroxylation sites is 1. The van der Waals surface area contributed by atoms with Crippen LogP contribution in [0.25, 0.3) is 5.69 Å². The van der Waals surface area contributed by atoms with E-state index in [1.54, 1.807) is 0 Å². The van der Waals surface area contributed by atoms with E-state index in [0.29, 0.717) is 0 Å². The minimum absolute atomic E-state index is 0.0164. The van der Waals surface area contributed by atoms with Gasteiger partial charge in [0.15, 0.2) is 5.11 Å². The highest BCUT2D eigenvalue weighted by molar-refractivity contribution is 7.80. The third-order valence-electron chi connectivity index (χ3n) is 6.39. The van der Waals surface area contributed by atoms with Crippen LogP contribution in [-0.4, -0.2) is 14.7 Å². The summed E-state index contributed by atoms with van der Waals surface area (Å²) in [5, 5.41) is 4.31. The Labute approximate surface area is 200 Å². The van der Waals surface area contributed by atoms with Gasteiger partial charge in [0.05, 0.1) is 17.8 Å². The maximum absolute atomic E-state index is 5.92. The highest BCUT2D eigenvalue weighted by Crippen LogP contribution is 2.44. The third-order valence-corrected chi connectivity index (χ3v) is 6.70. The lowest BCUT2D eigenvalue weighted by Gasteiger charge is -2.29. The molecular weight excluding hydrogens is 424 g/mol. The van der Waals surface area contributed by atoms with Crippen molar-refractivity contribution in [3.05, 3.63) is 113 Å². The fraction of sp³-hybridized carbons (Fsp3) is 0.214. The van der Waals surface area contributed by atoms with Crippen molar-refractivity contribution in [3.8, 4) is 5.69 Å². The molecule has 1 aliphatic rings. The molecule has 1 fully saturated rings. The Bertz CT molecular complexity index is 1290. The fourth-order valence-electron chi connectivity index (χ4n) is 5.10. The Balaban J connectivity index is 1.70. The second-order valence-corrected chi connectivity index (χ2v) is 9.23. The van der Waals surface area contributed by atoms with Crippen LogP contribution < -0.4 is 10.2 Å². The standard InChI is InChI=1S/C28H28N4S/c1-18-14-19(2)16-23(15-18)32-27(26(30-28(32)33)25-12-8-9-13-29-25)24-17-20(3)31(21(24)4)22-10-6-5-7-11-22/h5-17,26-27H,1-4H3,(H,30,33)/t26-,27+/m0/s1. The lowest BCUT2D eigenvalue weighted by Crippen LogP contribution is -2.29. The van der Waals surface area contributed by atoms with Gasteiger partial charge >= 0.3 is 0 Å². The van der Waals surface area contributed by atoms with Crippen LogP contribution in [0.4, 0.5) is 5.69 Å². The predicted octanol–water partition coefficient (Wildman–Crippen LogP) is 6.28. The van der Waals surface area contributed by atoms with Gasteiger partial charge in [-0.2, -0.15) is 0 Å². The molecule has 5 rings (SSSR count). The van der Waals surface area contributed by atoms with Crippen molar-refractivity contribution in [1.82, 2.24) is 14.9 Å². The molecule has 1 N–H and O–H groups in total. The van der Waals surface area contributed by atoms with Crippen molar-refractivity contribution in [2.75, 3.05) is 4.90 Å². The van der Waals surface area contributed by atoms with Crippen LogP contribution in [0.1, 0.15) is 45.9 Å². The molecule has 3 heterocycles. The van der Waals surface area contributed by atoms with Gasteiger partial charge in [-0.05, 0) is 99.1 Å². The van der Waals surface area contributed by atoms with E-state index in [9.17, 15) is 0 Å². The first-order valence-corrected chi connectivity index (χ1v) is 11.7. The molecule has 0 aliphatic carbocycles. The van der Waals surface area contributed by atoms with Gasteiger partial charge in [0.2, 0.25) is 0 Å². The minimum Gasteiger partial charge on any atom is -0.351 e. The Morgan fingerprint density at radius 2 is 1.52 bits per heavy atom. The molecule has 4 aromatic rings. The summed E-state index contributed by atoms with van der Waals surface area (Å²) in [6, 6.07) is 25.4. The summed E-state index contributed by atoms with van der Waals surface area (Å²) in [7, 11) is 0. The van der Waals surface area contributed by atoms with E-state index < -0.39 is 0 Å². The normalized spacial score (nSPS) is 17.9. The molecule has 2 atom stereocenters. The monoisotopic (exact) mass is 452 g/mol. The van der Waals surface area contributed by atoms with Crippen molar-refractivity contribution in [1.29, 1.82) is 0 Å². The summed E-state index contributed by atoms with van der Waals surface area (Å²) in [5.41, 5.74) is 9.37. The van der Waals surface area contributed by atoms with Crippen molar-refractivity contribution < 1.29 is 0 Å². The Kier molecular flexibility index (Phi) is 5.51. The number of benzene rings is 2. The summed E-state index contributed by atoms with van der Waals surface area (Å²) >= 11 is 5.92. The molecule has 2 aromatic heterocycles. The van der Waals surface area contributed by atoms with Crippen LogP contribution in [-0.2, 0) is 0 Å². The summed E-state index contributed by atoms with van der Waals surface area (Å²) < 4.78 is 2.33. The van der Waals surface area contributed by atoms with Gasteiger partial charge in [0, 0.05) is 29.0 Å². The molecule has 0 radical (unpaired) electrons. The van der Waals surface area contributed by atoms with Crippen LogP contribution in [0.2, 0.25) is 0 Å².